The zero-order valence-corrected chi connectivity index (χ0v) is 19.1. The number of aromatic amines is 1. The van der Waals surface area contributed by atoms with Gasteiger partial charge in [-0.25, -0.2) is 15.0 Å². The van der Waals surface area contributed by atoms with Gasteiger partial charge in [-0.15, -0.1) is 0 Å². The van der Waals surface area contributed by atoms with E-state index in [1.165, 1.54) is 12.5 Å². The molecule has 10 nitrogen and oxygen atoms in total. The first-order valence-corrected chi connectivity index (χ1v) is 11.9. The second kappa shape index (κ2) is 7.70. The number of halogens is 1. The van der Waals surface area contributed by atoms with E-state index < -0.39 is 12.1 Å². The molecular weight excluding hydrogens is 464 g/mol. The molecule has 1 aliphatic carbocycles. The molecule has 2 aliphatic rings. The summed E-state index contributed by atoms with van der Waals surface area (Å²) < 4.78 is 2.48. The Balaban J connectivity index is 1.38. The standard InChI is InChI=1S/C21H19ClN8O2S/c1-9-4-16-27-13-6-23-12(19-25-8-26-29-19)5-14(13)30(16)17-10(9)2-3-11(18(17)31)28-20(32)21-24-7-15(22)33-21/h5-11,17H,2-4H2,1H3,(H,28,32)(H,25,26,29)/t9?,10?,11-,17+/m1/s1. The summed E-state index contributed by atoms with van der Waals surface area (Å²) >= 11 is 7.01. The molecule has 5 heterocycles. The minimum atomic E-state index is -0.590. The van der Waals surface area contributed by atoms with Crippen molar-refractivity contribution >= 4 is 45.7 Å². The maximum atomic E-state index is 13.7. The van der Waals surface area contributed by atoms with E-state index in [9.17, 15) is 9.59 Å². The quantitative estimate of drug-likeness (QED) is 0.459. The lowest BCUT2D eigenvalue weighted by Crippen LogP contribution is -2.52. The Hall–Kier alpha value is -3.18. The Morgan fingerprint density at radius 3 is 2.91 bits per heavy atom. The van der Waals surface area contributed by atoms with E-state index in [0.717, 1.165) is 41.0 Å². The zero-order valence-electron chi connectivity index (χ0n) is 17.5. The van der Waals surface area contributed by atoms with Crippen molar-refractivity contribution in [3.05, 3.63) is 40.0 Å². The Labute approximate surface area is 196 Å². The molecule has 0 aromatic carbocycles. The summed E-state index contributed by atoms with van der Waals surface area (Å²) in [5.41, 5.74) is 2.20. The van der Waals surface area contributed by atoms with E-state index in [4.69, 9.17) is 16.6 Å². The molecule has 6 rings (SSSR count). The van der Waals surface area contributed by atoms with Crippen molar-refractivity contribution in [1.29, 1.82) is 0 Å². The summed E-state index contributed by atoms with van der Waals surface area (Å²) in [6.45, 7) is 2.17. The van der Waals surface area contributed by atoms with Crippen LogP contribution in [0.25, 0.3) is 22.6 Å². The number of carbonyl (C=O) groups excluding carboxylic acids is 2. The van der Waals surface area contributed by atoms with E-state index in [1.807, 2.05) is 10.6 Å². The van der Waals surface area contributed by atoms with Gasteiger partial charge >= 0.3 is 0 Å². The molecule has 168 valence electrons. The number of nitrogens with one attached hydrogen (secondary N) is 2. The molecule has 0 radical (unpaired) electrons. The number of imidazole rings is 1. The van der Waals surface area contributed by atoms with Gasteiger partial charge < -0.3 is 9.88 Å². The van der Waals surface area contributed by atoms with Gasteiger partial charge in [0, 0.05) is 6.42 Å². The van der Waals surface area contributed by atoms with Gasteiger partial charge in [0.25, 0.3) is 5.91 Å². The molecule has 1 amide bonds. The van der Waals surface area contributed by atoms with Crippen LogP contribution in [0.2, 0.25) is 4.34 Å². The van der Waals surface area contributed by atoms with Gasteiger partial charge in [-0.1, -0.05) is 29.9 Å². The number of pyridine rings is 1. The number of hydrogen-bond acceptors (Lipinski definition) is 8. The first-order chi connectivity index (χ1) is 16.0. The number of fused-ring (bicyclic) bond motifs is 5. The van der Waals surface area contributed by atoms with Gasteiger partial charge in [0.15, 0.2) is 16.6 Å². The van der Waals surface area contributed by atoms with E-state index >= 15 is 0 Å². The van der Waals surface area contributed by atoms with Crippen molar-refractivity contribution in [3.8, 4) is 11.5 Å². The third-order valence-electron chi connectivity index (χ3n) is 6.63. The highest BCUT2D eigenvalue weighted by atomic mass is 35.5. The average Bonchev–Trinajstić information content (AvgIpc) is 3.54. The number of Topliss-reactive ketones (excluding diaryl/α,β-unsaturated/α-hetero) is 1. The SMILES string of the molecule is CC1Cc2nc3cnc(-c4ncn[nH]4)cc3n2[C@@H]2C(=O)[C@H](NC(=O)c3ncc(Cl)s3)CCC12. The third-order valence-corrected chi connectivity index (χ3v) is 7.74. The summed E-state index contributed by atoms with van der Waals surface area (Å²) in [4.78, 5) is 43.9. The van der Waals surface area contributed by atoms with Gasteiger partial charge in [0.05, 0.1) is 30.0 Å². The fourth-order valence-electron chi connectivity index (χ4n) is 5.11. The van der Waals surface area contributed by atoms with E-state index in [0.29, 0.717) is 28.2 Å². The second-order valence-electron chi connectivity index (χ2n) is 8.56. The lowest BCUT2D eigenvalue weighted by atomic mass is 9.71. The van der Waals surface area contributed by atoms with Crippen LogP contribution in [-0.2, 0) is 11.2 Å². The molecule has 33 heavy (non-hydrogen) atoms. The number of H-pyrrole nitrogens is 1. The Kier molecular flexibility index (Phi) is 4.77. The molecule has 1 saturated carbocycles. The van der Waals surface area contributed by atoms with E-state index in [1.54, 1.807) is 6.20 Å². The number of aromatic nitrogens is 7. The largest absolute Gasteiger partial charge is 0.340 e. The minimum absolute atomic E-state index is 0.00706. The Bertz CT molecular complexity index is 1380. The van der Waals surface area contributed by atoms with Crippen LogP contribution in [-0.4, -0.2) is 52.4 Å². The summed E-state index contributed by atoms with van der Waals surface area (Å²) in [5.74, 6) is 1.51. The van der Waals surface area contributed by atoms with Gasteiger partial charge in [0.2, 0.25) is 0 Å². The lowest BCUT2D eigenvalue weighted by molar-refractivity contribution is -0.129. The maximum Gasteiger partial charge on any atom is 0.280 e. The summed E-state index contributed by atoms with van der Waals surface area (Å²) in [7, 11) is 0. The predicted octanol–water partition coefficient (Wildman–Crippen LogP) is 2.84. The average molecular weight is 483 g/mol. The van der Waals surface area contributed by atoms with Crippen LogP contribution in [0.5, 0.6) is 0 Å². The lowest BCUT2D eigenvalue weighted by Gasteiger charge is -2.42. The van der Waals surface area contributed by atoms with Crippen LogP contribution >= 0.6 is 22.9 Å². The van der Waals surface area contributed by atoms with Crippen LogP contribution in [0.3, 0.4) is 0 Å². The van der Waals surface area contributed by atoms with Crippen molar-refractivity contribution in [1.82, 2.24) is 40.0 Å². The van der Waals surface area contributed by atoms with Gasteiger partial charge in [-0.3, -0.25) is 19.7 Å². The van der Waals surface area contributed by atoms with Gasteiger partial charge in [-0.2, -0.15) is 5.10 Å². The summed E-state index contributed by atoms with van der Waals surface area (Å²) in [6.07, 6.45) is 6.79. The van der Waals surface area contributed by atoms with Gasteiger partial charge in [0.1, 0.15) is 27.7 Å². The first-order valence-electron chi connectivity index (χ1n) is 10.7. The van der Waals surface area contributed by atoms with E-state index in [-0.39, 0.29) is 22.6 Å². The molecule has 1 fully saturated rings. The smallest absolute Gasteiger partial charge is 0.280 e. The first kappa shape index (κ1) is 20.4. The molecule has 2 N–H and O–H groups in total. The normalized spacial score (nSPS) is 24.5. The van der Waals surface area contributed by atoms with Crippen molar-refractivity contribution in [3.63, 3.8) is 0 Å². The minimum Gasteiger partial charge on any atom is -0.340 e. The summed E-state index contributed by atoms with van der Waals surface area (Å²) in [6, 6.07) is 0.900. The number of hydrogen-bond donors (Lipinski definition) is 2. The van der Waals surface area contributed by atoms with Gasteiger partial charge in [-0.05, 0) is 30.7 Å². The highest BCUT2D eigenvalue weighted by molar-refractivity contribution is 7.17. The van der Waals surface area contributed by atoms with Crippen LogP contribution in [0, 0.1) is 11.8 Å². The number of nitrogens with zero attached hydrogens (tertiary/aromatic N) is 6. The molecular formula is C21H19ClN8O2S. The second-order valence-corrected chi connectivity index (χ2v) is 10.2. The molecule has 4 aromatic heterocycles. The Morgan fingerprint density at radius 2 is 2.15 bits per heavy atom. The van der Waals surface area contributed by atoms with Crippen molar-refractivity contribution < 1.29 is 9.59 Å². The molecule has 1 aliphatic heterocycles. The summed E-state index contributed by atoms with van der Waals surface area (Å²) in [5, 5.41) is 9.86. The van der Waals surface area contributed by atoms with Crippen molar-refractivity contribution in [2.24, 2.45) is 11.8 Å². The van der Waals surface area contributed by atoms with Crippen molar-refractivity contribution in [2.75, 3.05) is 0 Å². The molecule has 12 heteroatoms. The molecule has 0 spiro atoms. The predicted molar refractivity (Wildman–Crippen MR) is 121 cm³/mol. The van der Waals surface area contributed by atoms with Crippen LogP contribution in [0.4, 0.5) is 0 Å². The maximum absolute atomic E-state index is 13.7. The highest BCUT2D eigenvalue weighted by Gasteiger charge is 2.46. The van der Waals surface area contributed by atoms with Crippen molar-refractivity contribution in [2.45, 2.75) is 38.3 Å². The number of rotatable bonds is 3. The number of carbonyl (C=O) groups is 2. The molecule has 4 aromatic rings. The number of amides is 1. The fraction of sp³-hybridized carbons (Fsp3) is 0.381. The third kappa shape index (κ3) is 3.34. The Morgan fingerprint density at radius 1 is 1.27 bits per heavy atom. The molecule has 0 bridgehead atoms. The monoisotopic (exact) mass is 482 g/mol. The van der Waals surface area contributed by atoms with Crippen LogP contribution in [0.1, 0.15) is 41.4 Å². The molecule has 2 unspecified atom stereocenters. The van der Waals surface area contributed by atoms with E-state index in [2.05, 4.69) is 37.4 Å². The topological polar surface area (TPSA) is 131 Å². The highest BCUT2D eigenvalue weighted by Crippen LogP contribution is 2.44. The molecule has 0 saturated heterocycles. The van der Waals surface area contributed by atoms with Crippen LogP contribution in [0.15, 0.2) is 24.8 Å². The fourth-order valence-corrected chi connectivity index (χ4v) is 5.93. The number of ketones is 1. The molecule has 4 atom stereocenters. The number of thiazole rings is 1. The zero-order chi connectivity index (χ0) is 22.7. The van der Waals surface area contributed by atoms with Crippen LogP contribution < -0.4 is 5.32 Å².